The second-order valence-corrected chi connectivity index (χ2v) is 12.3. The number of aryl methyl sites for hydroxylation is 1. The van der Waals surface area contributed by atoms with E-state index in [1.165, 1.54) is 23.9 Å². The molecule has 9 nitrogen and oxygen atoms in total. The summed E-state index contributed by atoms with van der Waals surface area (Å²) in [6.07, 6.45) is 4.90. The van der Waals surface area contributed by atoms with E-state index in [9.17, 15) is 18.0 Å². The highest BCUT2D eigenvalue weighted by atomic mass is 35.5. The van der Waals surface area contributed by atoms with Gasteiger partial charge in [0.1, 0.15) is 22.4 Å². The number of nitrogens with one attached hydrogen (secondary N) is 1. The molecule has 0 spiro atoms. The third kappa shape index (κ3) is 4.29. The van der Waals surface area contributed by atoms with Crippen molar-refractivity contribution >= 4 is 38.2 Å². The fourth-order valence-corrected chi connectivity index (χ4v) is 7.02. The lowest BCUT2D eigenvalue weighted by molar-refractivity contribution is 0.0949. The SMILES string of the molecule is Cn1c(=O)c(C(=O)NCc2ccc(Cl)cc2)cc2cnnc(OCC3(S(=O)(=O)C4CCC4)CC3)c21. The van der Waals surface area contributed by atoms with Gasteiger partial charge in [0.25, 0.3) is 17.3 Å². The van der Waals surface area contributed by atoms with Crippen molar-refractivity contribution in [2.24, 2.45) is 7.05 Å². The fraction of sp³-hybridized carbons (Fsp3) is 0.417. The topological polar surface area (TPSA) is 120 Å². The number of halogens is 1. The van der Waals surface area contributed by atoms with Crippen LogP contribution in [0.25, 0.3) is 10.9 Å². The average Bonchev–Trinajstić information content (AvgIpc) is 3.60. The Kier molecular flexibility index (Phi) is 6.04. The minimum absolute atomic E-state index is 0.0306. The van der Waals surface area contributed by atoms with Crippen LogP contribution in [-0.2, 0) is 23.4 Å². The summed E-state index contributed by atoms with van der Waals surface area (Å²) in [6, 6.07) is 8.48. The first-order valence-corrected chi connectivity index (χ1v) is 13.4. The van der Waals surface area contributed by atoms with Crippen molar-refractivity contribution < 1.29 is 17.9 Å². The molecule has 0 atom stereocenters. The van der Waals surface area contributed by atoms with Crippen molar-refractivity contribution in [2.45, 2.75) is 48.6 Å². The molecule has 3 aromatic rings. The van der Waals surface area contributed by atoms with Crippen LogP contribution in [0, 0.1) is 0 Å². The molecule has 2 aromatic heterocycles. The Morgan fingerprint density at radius 3 is 2.60 bits per heavy atom. The zero-order valence-electron chi connectivity index (χ0n) is 19.2. The summed E-state index contributed by atoms with van der Waals surface area (Å²) in [5.41, 5.74) is 0.634. The maximum Gasteiger partial charge on any atom is 0.263 e. The quantitative estimate of drug-likeness (QED) is 0.488. The second kappa shape index (κ2) is 8.91. The number of benzene rings is 1. The van der Waals surface area contributed by atoms with Gasteiger partial charge in [-0.05, 0) is 49.4 Å². The van der Waals surface area contributed by atoms with Gasteiger partial charge in [-0.15, -0.1) is 5.10 Å². The van der Waals surface area contributed by atoms with E-state index < -0.39 is 26.1 Å². The molecular formula is C24H25ClN4O5S. The predicted molar refractivity (Wildman–Crippen MR) is 131 cm³/mol. The number of amides is 1. The van der Waals surface area contributed by atoms with Gasteiger partial charge in [0.15, 0.2) is 9.84 Å². The third-order valence-corrected chi connectivity index (χ3v) is 10.3. The first kappa shape index (κ1) is 23.7. The smallest absolute Gasteiger partial charge is 0.263 e. The van der Waals surface area contributed by atoms with Gasteiger partial charge in [-0.25, -0.2) is 8.42 Å². The number of carbonyl (C=O) groups is 1. The van der Waals surface area contributed by atoms with Crippen molar-refractivity contribution in [3.8, 4) is 5.88 Å². The zero-order chi connectivity index (χ0) is 24.8. The summed E-state index contributed by atoms with van der Waals surface area (Å²) in [5, 5.41) is 11.5. The molecule has 1 aromatic carbocycles. The molecule has 2 aliphatic rings. The summed E-state index contributed by atoms with van der Waals surface area (Å²) < 4.78 is 32.2. The molecular weight excluding hydrogens is 492 g/mol. The highest BCUT2D eigenvalue weighted by molar-refractivity contribution is 7.93. The maximum absolute atomic E-state index is 13.0. The Morgan fingerprint density at radius 2 is 1.97 bits per heavy atom. The Labute approximate surface area is 207 Å². The van der Waals surface area contributed by atoms with Gasteiger partial charge < -0.3 is 14.6 Å². The molecule has 0 aliphatic heterocycles. The summed E-state index contributed by atoms with van der Waals surface area (Å²) in [4.78, 5) is 25.8. The summed E-state index contributed by atoms with van der Waals surface area (Å²) in [7, 11) is -1.76. The van der Waals surface area contributed by atoms with Crippen LogP contribution in [0.15, 0.2) is 41.3 Å². The normalized spacial score (nSPS) is 17.1. The molecule has 0 saturated heterocycles. The van der Waals surface area contributed by atoms with Gasteiger partial charge >= 0.3 is 0 Å². The molecule has 1 amide bonds. The molecule has 1 N–H and O–H groups in total. The Bertz CT molecular complexity index is 1460. The van der Waals surface area contributed by atoms with Gasteiger partial charge in [-0.3, -0.25) is 9.59 Å². The average molecular weight is 517 g/mol. The monoisotopic (exact) mass is 516 g/mol. The molecule has 0 unspecified atom stereocenters. The number of hydrogen-bond acceptors (Lipinski definition) is 7. The number of pyridine rings is 1. The number of sulfone groups is 1. The number of fused-ring (bicyclic) bond motifs is 1. The Balaban J connectivity index is 1.37. The van der Waals surface area contributed by atoms with Crippen molar-refractivity contribution in [2.75, 3.05) is 6.61 Å². The van der Waals surface area contributed by atoms with E-state index in [-0.39, 0.29) is 29.8 Å². The van der Waals surface area contributed by atoms with Crippen molar-refractivity contribution in [3.63, 3.8) is 0 Å². The van der Waals surface area contributed by atoms with Gasteiger partial charge in [0.2, 0.25) is 0 Å². The van der Waals surface area contributed by atoms with Crippen LogP contribution in [0.2, 0.25) is 5.02 Å². The van der Waals surface area contributed by atoms with Gasteiger partial charge in [-0.1, -0.05) is 30.2 Å². The maximum atomic E-state index is 13.0. The number of carbonyl (C=O) groups excluding carboxylic acids is 1. The second-order valence-electron chi connectivity index (χ2n) is 9.25. The van der Waals surface area contributed by atoms with Crippen molar-refractivity contribution in [3.05, 3.63) is 63.0 Å². The lowest BCUT2D eigenvalue weighted by Crippen LogP contribution is -2.41. The van der Waals surface area contributed by atoms with Crippen LogP contribution in [0.3, 0.4) is 0 Å². The van der Waals surface area contributed by atoms with Crippen LogP contribution in [-0.4, -0.2) is 45.7 Å². The minimum atomic E-state index is -3.28. The number of aromatic nitrogens is 3. The van der Waals surface area contributed by atoms with E-state index in [1.54, 1.807) is 24.3 Å². The zero-order valence-corrected chi connectivity index (χ0v) is 20.7. The van der Waals surface area contributed by atoms with Crippen LogP contribution < -0.4 is 15.6 Å². The number of hydrogen-bond donors (Lipinski definition) is 1. The molecule has 2 aliphatic carbocycles. The highest BCUT2D eigenvalue weighted by Gasteiger charge is 2.58. The molecule has 35 heavy (non-hydrogen) atoms. The molecule has 2 saturated carbocycles. The van der Waals surface area contributed by atoms with Gasteiger partial charge in [-0.2, -0.15) is 5.10 Å². The first-order valence-electron chi connectivity index (χ1n) is 11.5. The molecule has 2 fully saturated rings. The third-order valence-electron chi connectivity index (χ3n) is 6.98. The molecule has 0 bridgehead atoms. The lowest BCUT2D eigenvalue weighted by atomic mass is 10.00. The molecule has 184 valence electrons. The van der Waals surface area contributed by atoms with E-state index >= 15 is 0 Å². The first-order chi connectivity index (χ1) is 16.7. The van der Waals surface area contributed by atoms with Crippen LogP contribution in [0.4, 0.5) is 0 Å². The standard InChI is InChI=1S/C24H25ClN4O5S/c1-29-20-16(11-19(23(29)31)21(30)26-12-15-5-7-17(25)8-6-15)13-27-28-22(20)34-14-24(9-10-24)35(32,33)18-3-2-4-18/h5-8,11,13,18H,2-4,9-10,12,14H2,1H3,(H,26,30). The van der Waals surface area contributed by atoms with Crippen LogP contribution in [0.1, 0.15) is 48.0 Å². The van der Waals surface area contributed by atoms with Crippen molar-refractivity contribution in [1.29, 1.82) is 0 Å². The fourth-order valence-electron chi connectivity index (χ4n) is 4.34. The number of nitrogens with zero attached hydrogens (tertiary/aromatic N) is 3. The van der Waals surface area contributed by atoms with Gasteiger partial charge in [0.05, 0.1) is 11.4 Å². The molecule has 2 heterocycles. The summed E-state index contributed by atoms with van der Waals surface area (Å²) in [6.45, 7) is 0.203. The van der Waals surface area contributed by atoms with Crippen molar-refractivity contribution in [1.82, 2.24) is 20.1 Å². The lowest BCUT2D eigenvalue weighted by Gasteiger charge is -2.29. The largest absolute Gasteiger partial charge is 0.473 e. The number of ether oxygens (including phenoxy) is 1. The van der Waals surface area contributed by atoms with E-state index in [0.29, 0.717) is 41.6 Å². The minimum Gasteiger partial charge on any atom is -0.473 e. The van der Waals surface area contributed by atoms with E-state index in [4.69, 9.17) is 16.3 Å². The van der Waals surface area contributed by atoms with E-state index in [2.05, 4.69) is 15.5 Å². The summed E-state index contributed by atoms with van der Waals surface area (Å²) >= 11 is 5.89. The number of rotatable bonds is 8. The predicted octanol–water partition coefficient (Wildman–Crippen LogP) is 2.79. The molecule has 11 heteroatoms. The summed E-state index contributed by atoms with van der Waals surface area (Å²) in [5.74, 6) is -0.449. The van der Waals surface area contributed by atoms with Crippen LogP contribution >= 0.6 is 11.6 Å². The van der Waals surface area contributed by atoms with Crippen LogP contribution in [0.5, 0.6) is 5.88 Å². The Hall–Kier alpha value is -2.98. The molecule has 0 radical (unpaired) electrons. The highest BCUT2D eigenvalue weighted by Crippen LogP contribution is 2.49. The Morgan fingerprint density at radius 1 is 1.26 bits per heavy atom. The van der Waals surface area contributed by atoms with Gasteiger partial charge in [0, 0.05) is 24.0 Å². The molecule has 5 rings (SSSR count). The van der Waals surface area contributed by atoms with E-state index in [0.717, 1.165) is 12.0 Å². The van der Waals surface area contributed by atoms with E-state index in [1.807, 2.05) is 0 Å².